The van der Waals surface area contributed by atoms with Crippen molar-refractivity contribution in [3.63, 3.8) is 0 Å². The zero-order valence-corrected chi connectivity index (χ0v) is 18.3. The van der Waals surface area contributed by atoms with Crippen molar-refractivity contribution in [1.29, 1.82) is 0 Å². The summed E-state index contributed by atoms with van der Waals surface area (Å²) in [4.78, 5) is 13.0. The van der Waals surface area contributed by atoms with Gasteiger partial charge in [-0.05, 0) is 74.4 Å². The molecule has 1 unspecified atom stereocenters. The van der Waals surface area contributed by atoms with Gasteiger partial charge >= 0.3 is 0 Å². The summed E-state index contributed by atoms with van der Waals surface area (Å²) in [5.41, 5.74) is 4.97. The number of hydrogen-bond acceptors (Lipinski definition) is 4. The number of nitrogens with one attached hydrogen (secondary N) is 2. The molecule has 3 rings (SSSR count). The largest absolute Gasteiger partial charge is 0.374 e. The number of aryl methyl sites for hydroxylation is 2. The molecule has 0 saturated heterocycles. The Bertz CT molecular complexity index is 1020. The van der Waals surface area contributed by atoms with E-state index in [2.05, 4.69) is 16.7 Å². The first kappa shape index (κ1) is 21.3. The lowest BCUT2D eigenvalue weighted by Crippen LogP contribution is -2.32. The van der Waals surface area contributed by atoms with Crippen LogP contribution in [0.15, 0.2) is 41.3 Å². The van der Waals surface area contributed by atoms with Crippen molar-refractivity contribution in [1.82, 2.24) is 4.31 Å². The Kier molecular flexibility index (Phi) is 6.29. The lowest BCUT2D eigenvalue weighted by molar-refractivity contribution is -0.116. The molecule has 1 aliphatic carbocycles. The summed E-state index contributed by atoms with van der Waals surface area (Å²) in [6, 6.07) is 10.5. The van der Waals surface area contributed by atoms with E-state index in [0.717, 1.165) is 28.4 Å². The minimum Gasteiger partial charge on any atom is -0.374 e. The molecule has 1 aliphatic rings. The Balaban J connectivity index is 1.77. The Morgan fingerprint density at radius 3 is 2.52 bits per heavy atom. The number of anilines is 2. The predicted octanol–water partition coefficient (Wildman–Crippen LogP) is 3.56. The highest BCUT2D eigenvalue weighted by atomic mass is 32.2. The number of amides is 1. The van der Waals surface area contributed by atoms with Gasteiger partial charge in [0.05, 0.1) is 4.90 Å². The fraction of sp³-hybridized carbons (Fsp3) is 0.409. The molecule has 7 heteroatoms. The van der Waals surface area contributed by atoms with Crippen LogP contribution in [0.25, 0.3) is 0 Å². The molecular formula is C22H29N3O3S. The first-order chi connectivity index (χ1) is 13.7. The van der Waals surface area contributed by atoms with Gasteiger partial charge in [0.15, 0.2) is 0 Å². The maximum absolute atomic E-state index is 12.8. The van der Waals surface area contributed by atoms with Gasteiger partial charge in [-0.2, -0.15) is 0 Å². The van der Waals surface area contributed by atoms with E-state index in [1.165, 1.54) is 44.1 Å². The summed E-state index contributed by atoms with van der Waals surface area (Å²) in [6.45, 7) is 3.65. The number of fused-ring (bicyclic) bond motifs is 1. The van der Waals surface area contributed by atoms with Crippen LogP contribution >= 0.6 is 0 Å². The van der Waals surface area contributed by atoms with Crippen LogP contribution in [0.1, 0.15) is 36.5 Å². The van der Waals surface area contributed by atoms with E-state index in [4.69, 9.17) is 0 Å². The lowest BCUT2D eigenvalue weighted by Gasteiger charge is -2.23. The van der Waals surface area contributed by atoms with E-state index in [0.29, 0.717) is 5.69 Å². The van der Waals surface area contributed by atoms with E-state index in [9.17, 15) is 13.2 Å². The fourth-order valence-corrected chi connectivity index (χ4v) is 4.49. The number of sulfonamides is 1. The Hall–Kier alpha value is -2.38. The number of rotatable bonds is 6. The molecule has 2 N–H and O–H groups in total. The van der Waals surface area contributed by atoms with Crippen molar-refractivity contribution in [2.75, 3.05) is 24.7 Å². The first-order valence-corrected chi connectivity index (χ1v) is 11.4. The highest BCUT2D eigenvalue weighted by Gasteiger charge is 2.21. The number of benzene rings is 2. The van der Waals surface area contributed by atoms with Gasteiger partial charge in [0.25, 0.3) is 0 Å². The van der Waals surface area contributed by atoms with Crippen molar-refractivity contribution in [3.8, 4) is 0 Å². The van der Waals surface area contributed by atoms with Gasteiger partial charge in [-0.25, -0.2) is 12.7 Å². The van der Waals surface area contributed by atoms with Crippen LogP contribution in [-0.4, -0.2) is 38.8 Å². The Morgan fingerprint density at radius 2 is 1.79 bits per heavy atom. The molecule has 0 bridgehead atoms. The summed E-state index contributed by atoms with van der Waals surface area (Å²) in [7, 11) is -0.592. The van der Waals surface area contributed by atoms with Crippen LogP contribution in [-0.2, 0) is 27.7 Å². The third kappa shape index (κ3) is 4.62. The van der Waals surface area contributed by atoms with Crippen molar-refractivity contribution in [2.24, 2.45) is 0 Å². The topological polar surface area (TPSA) is 78.5 Å². The van der Waals surface area contributed by atoms with E-state index in [1.807, 2.05) is 26.0 Å². The van der Waals surface area contributed by atoms with Crippen LogP contribution in [0, 0.1) is 6.92 Å². The molecule has 1 amide bonds. The first-order valence-electron chi connectivity index (χ1n) is 9.91. The Labute approximate surface area is 173 Å². The zero-order chi connectivity index (χ0) is 21.2. The maximum atomic E-state index is 12.8. The second kappa shape index (κ2) is 8.55. The second-order valence-electron chi connectivity index (χ2n) is 7.77. The van der Waals surface area contributed by atoms with Gasteiger partial charge in [0.1, 0.15) is 6.04 Å². The molecular weight excluding hydrogens is 386 g/mol. The van der Waals surface area contributed by atoms with Crippen LogP contribution in [0.4, 0.5) is 11.4 Å². The Morgan fingerprint density at radius 1 is 1.07 bits per heavy atom. The van der Waals surface area contributed by atoms with Gasteiger partial charge in [0.2, 0.25) is 15.9 Å². The van der Waals surface area contributed by atoms with E-state index < -0.39 is 16.1 Å². The van der Waals surface area contributed by atoms with Crippen LogP contribution in [0.3, 0.4) is 0 Å². The molecule has 1 atom stereocenters. The molecule has 0 radical (unpaired) electrons. The van der Waals surface area contributed by atoms with Crippen molar-refractivity contribution >= 4 is 27.3 Å². The average molecular weight is 416 g/mol. The smallest absolute Gasteiger partial charge is 0.246 e. The number of nitrogens with zero attached hydrogens (tertiary/aromatic N) is 1. The zero-order valence-electron chi connectivity index (χ0n) is 17.5. The second-order valence-corrected chi connectivity index (χ2v) is 9.92. The van der Waals surface area contributed by atoms with Gasteiger partial charge in [-0.1, -0.05) is 18.2 Å². The molecule has 0 spiro atoms. The molecule has 156 valence electrons. The molecule has 0 fully saturated rings. The monoisotopic (exact) mass is 415 g/mol. The third-order valence-electron chi connectivity index (χ3n) is 5.41. The van der Waals surface area contributed by atoms with Crippen LogP contribution in [0.2, 0.25) is 0 Å². The third-order valence-corrected chi connectivity index (χ3v) is 7.22. The van der Waals surface area contributed by atoms with Gasteiger partial charge in [-0.3, -0.25) is 4.79 Å². The highest BCUT2D eigenvalue weighted by Crippen LogP contribution is 2.28. The van der Waals surface area contributed by atoms with Gasteiger partial charge in [0, 0.05) is 25.5 Å². The highest BCUT2D eigenvalue weighted by molar-refractivity contribution is 7.89. The van der Waals surface area contributed by atoms with E-state index in [1.54, 1.807) is 12.1 Å². The molecule has 29 heavy (non-hydrogen) atoms. The van der Waals surface area contributed by atoms with Crippen LogP contribution < -0.4 is 10.6 Å². The van der Waals surface area contributed by atoms with Crippen molar-refractivity contribution < 1.29 is 13.2 Å². The lowest BCUT2D eigenvalue weighted by atomic mass is 9.90. The van der Waals surface area contributed by atoms with Gasteiger partial charge < -0.3 is 10.6 Å². The van der Waals surface area contributed by atoms with E-state index >= 15 is 0 Å². The molecule has 0 aromatic heterocycles. The normalized spacial score (nSPS) is 14.9. The summed E-state index contributed by atoms with van der Waals surface area (Å²) in [5, 5.41) is 6.21. The standard InChI is InChI=1S/C22H29N3O3S/c1-15-12-13-18(29(27,28)25(3)4)14-21(15)24-22(26)16(2)23-20-11-7-9-17-8-5-6-10-19(17)20/h7,9,11-14,16,23H,5-6,8,10H2,1-4H3,(H,24,26). The predicted molar refractivity (Wildman–Crippen MR) is 117 cm³/mol. The minimum absolute atomic E-state index is 0.154. The summed E-state index contributed by atoms with van der Waals surface area (Å²) in [6.07, 6.45) is 4.48. The molecule has 0 heterocycles. The van der Waals surface area contributed by atoms with Crippen molar-refractivity contribution in [3.05, 3.63) is 53.1 Å². The van der Waals surface area contributed by atoms with Gasteiger partial charge in [-0.15, -0.1) is 0 Å². The van der Waals surface area contributed by atoms with Crippen LogP contribution in [0.5, 0.6) is 0 Å². The van der Waals surface area contributed by atoms with E-state index in [-0.39, 0.29) is 10.8 Å². The molecule has 2 aromatic carbocycles. The summed E-state index contributed by atoms with van der Waals surface area (Å²) < 4.78 is 25.9. The molecule has 0 saturated carbocycles. The molecule has 6 nitrogen and oxygen atoms in total. The average Bonchev–Trinajstić information content (AvgIpc) is 2.69. The number of carbonyl (C=O) groups is 1. The maximum Gasteiger partial charge on any atom is 0.246 e. The summed E-state index contributed by atoms with van der Waals surface area (Å²) in [5.74, 6) is -0.207. The SMILES string of the molecule is Cc1ccc(S(=O)(=O)N(C)C)cc1NC(=O)C(C)Nc1cccc2c1CCCC2. The fourth-order valence-electron chi connectivity index (χ4n) is 3.56. The minimum atomic E-state index is -3.56. The summed E-state index contributed by atoms with van der Waals surface area (Å²) >= 11 is 0. The molecule has 0 aliphatic heterocycles. The van der Waals surface area contributed by atoms with Crippen molar-refractivity contribution in [2.45, 2.75) is 50.5 Å². The molecule has 2 aromatic rings. The quantitative estimate of drug-likeness (QED) is 0.756. The number of hydrogen-bond donors (Lipinski definition) is 2. The number of carbonyl (C=O) groups excluding carboxylic acids is 1.